The van der Waals surface area contributed by atoms with Crippen LogP contribution >= 0.6 is 0 Å². The first-order valence-corrected chi connectivity index (χ1v) is 8.98. The Morgan fingerprint density at radius 3 is 2.17 bits per heavy atom. The Morgan fingerprint density at radius 2 is 1.53 bits per heavy atom. The van der Waals surface area contributed by atoms with Crippen molar-refractivity contribution in [2.45, 2.75) is 6.23 Å². The quantitative estimate of drug-likeness (QED) is 0.428. The summed E-state index contributed by atoms with van der Waals surface area (Å²) in [6, 6.07) is 19.4. The van der Waals surface area contributed by atoms with Gasteiger partial charge in [0.2, 0.25) is 0 Å². The minimum Gasteiger partial charge on any atom is -0.369 e. The van der Waals surface area contributed by atoms with Gasteiger partial charge in [-0.15, -0.1) is 0 Å². The van der Waals surface area contributed by atoms with Gasteiger partial charge < -0.3 is 15.7 Å². The first-order chi connectivity index (χ1) is 14.4. The molecule has 0 fully saturated rings. The van der Waals surface area contributed by atoms with Crippen LogP contribution in [0.2, 0.25) is 0 Å². The number of nitrogens with one attached hydrogen (secondary N) is 2. The van der Waals surface area contributed by atoms with Gasteiger partial charge in [-0.25, -0.2) is 0 Å². The number of nitrogens with zero attached hydrogens (tertiary/aromatic N) is 2. The molecule has 9 heteroatoms. The van der Waals surface area contributed by atoms with Crippen molar-refractivity contribution in [2.75, 3.05) is 10.6 Å². The average molecular weight is 404 g/mol. The van der Waals surface area contributed by atoms with Crippen LogP contribution in [-0.4, -0.2) is 21.2 Å². The summed E-state index contributed by atoms with van der Waals surface area (Å²) in [5, 5.41) is 39.0. The van der Waals surface area contributed by atoms with E-state index in [1.54, 1.807) is 18.2 Å². The monoisotopic (exact) mass is 404 g/mol. The van der Waals surface area contributed by atoms with Gasteiger partial charge in [-0.1, -0.05) is 30.3 Å². The molecule has 30 heavy (non-hydrogen) atoms. The van der Waals surface area contributed by atoms with Crippen molar-refractivity contribution in [1.29, 1.82) is 0 Å². The van der Waals surface area contributed by atoms with Gasteiger partial charge in [-0.2, -0.15) is 0 Å². The van der Waals surface area contributed by atoms with Crippen LogP contribution in [0.4, 0.5) is 22.7 Å². The number of anilines is 2. The summed E-state index contributed by atoms with van der Waals surface area (Å²) >= 11 is 0. The van der Waals surface area contributed by atoms with Crippen LogP contribution in [0.1, 0.15) is 11.1 Å². The summed E-state index contributed by atoms with van der Waals surface area (Å²) in [6.45, 7) is 0. The van der Waals surface area contributed by atoms with E-state index in [1.807, 2.05) is 30.3 Å². The number of fused-ring (bicyclic) bond motifs is 1. The topological polar surface area (TPSA) is 131 Å². The van der Waals surface area contributed by atoms with Crippen molar-refractivity contribution in [3.05, 3.63) is 104 Å². The first-order valence-electron chi connectivity index (χ1n) is 8.98. The van der Waals surface area contributed by atoms with E-state index in [1.165, 1.54) is 24.3 Å². The lowest BCUT2D eigenvalue weighted by molar-refractivity contribution is -0.385. The smallest absolute Gasteiger partial charge is 0.270 e. The molecule has 0 amide bonds. The number of nitro groups is 2. The molecule has 0 saturated heterocycles. The molecule has 3 aromatic carbocycles. The molecule has 1 aliphatic heterocycles. The summed E-state index contributed by atoms with van der Waals surface area (Å²) < 4.78 is 0. The Morgan fingerprint density at radius 1 is 0.900 bits per heavy atom. The summed E-state index contributed by atoms with van der Waals surface area (Å²) in [7, 11) is 0. The van der Waals surface area contributed by atoms with E-state index in [-0.39, 0.29) is 11.4 Å². The molecular weight excluding hydrogens is 388 g/mol. The number of aliphatic hydroxyl groups is 1. The molecule has 150 valence electrons. The highest BCUT2D eigenvalue weighted by Gasteiger charge is 2.30. The SMILES string of the molecule is O=[N+]([O-])c1ccc(N/C(=C2/c3cc([N+](=O)[O-])ccc3NC2O)c2ccccc2)cc1. The van der Waals surface area contributed by atoms with E-state index >= 15 is 0 Å². The zero-order valence-corrected chi connectivity index (χ0v) is 15.5. The van der Waals surface area contributed by atoms with Gasteiger partial charge in [-0.05, 0) is 23.8 Å². The number of benzene rings is 3. The molecule has 1 aliphatic rings. The van der Waals surface area contributed by atoms with E-state index < -0.39 is 16.1 Å². The van der Waals surface area contributed by atoms with E-state index in [4.69, 9.17) is 0 Å². The lowest BCUT2D eigenvalue weighted by atomic mass is 9.99. The third-order valence-electron chi connectivity index (χ3n) is 4.75. The number of hydrogen-bond acceptors (Lipinski definition) is 7. The van der Waals surface area contributed by atoms with E-state index in [9.17, 15) is 25.3 Å². The minimum absolute atomic E-state index is 0.0435. The molecule has 0 saturated carbocycles. The molecule has 1 heterocycles. The van der Waals surface area contributed by atoms with Crippen LogP contribution in [-0.2, 0) is 0 Å². The maximum atomic E-state index is 11.2. The van der Waals surface area contributed by atoms with Crippen molar-refractivity contribution in [2.24, 2.45) is 0 Å². The maximum absolute atomic E-state index is 11.2. The van der Waals surface area contributed by atoms with Gasteiger partial charge in [0.05, 0.1) is 15.5 Å². The lowest BCUT2D eigenvalue weighted by Crippen LogP contribution is -2.16. The third-order valence-corrected chi connectivity index (χ3v) is 4.75. The number of hydrogen-bond donors (Lipinski definition) is 3. The fourth-order valence-electron chi connectivity index (χ4n) is 3.34. The van der Waals surface area contributed by atoms with Gasteiger partial charge in [-0.3, -0.25) is 20.2 Å². The molecule has 1 atom stereocenters. The molecule has 0 aromatic heterocycles. The fraction of sp³-hybridized carbons (Fsp3) is 0.0476. The van der Waals surface area contributed by atoms with Gasteiger partial charge in [0.1, 0.15) is 0 Å². The highest BCUT2D eigenvalue weighted by molar-refractivity contribution is 6.03. The van der Waals surface area contributed by atoms with Crippen LogP contribution in [0.3, 0.4) is 0 Å². The van der Waals surface area contributed by atoms with Crippen LogP contribution in [0.15, 0.2) is 72.8 Å². The highest BCUT2D eigenvalue weighted by Crippen LogP contribution is 2.41. The zero-order valence-electron chi connectivity index (χ0n) is 15.5. The zero-order chi connectivity index (χ0) is 21.3. The molecule has 4 rings (SSSR count). The van der Waals surface area contributed by atoms with Crippen LogP contribution in [0.25, 0.3) is 11.3 Å². The molecule has 1 unspecified atom stereocenters. The number of rotatable bonds is 5. The van der Waals surface area contributed by atoms with Crippen LogP contribution in [0, 0.1) is 20.2 Å². The van der Waals surface area contributed by atoms with Crippen LogP contribution in [0.5, 0.6) is 0 Å². The number of non-ortho nitro benzene ring substituents is 2. The number of aliphatic hydroxyl groups excluding tert-OH is 1. The Bertz CT molecular complexity index is 1160. The van der Waals surface area contributed by atoms with Gasteiger partial charge in [0.15, 0.2) is 6.23 Å². The standard InChI is InChI=1S/C21H16N4O5/c26-21-19(17-12-16(25(29)30)10-11-18(17)23-21)20(13-4-2-1-3-5-13)22-14-6-8-15(9-7-14)24(27)28/h1-12,21-23,26H/b20-19-. The molecule has 0 spiro atoms. The van der Waals surface area contributed by atoms with E-state index in [2.05, 4.69) is 10.6 Å². The summed E-state index contributed by atoms with van der Waals surface area (Å²) in [6.07, 6.45) is -1.09. The normalized spacial score (nSPS) is 16.4. The van der Waals surface area contributed by atoms with E-state index in [0.717, 1.165) is 5.56 Å². The fourth-order valence-corrected chi connectivity index (χ4v) is 3.34. The highest BCUT2D eigenvalue weighted by atomic mass is 16.6. The Hall–Kier alpha value is -4.24. The Labute approximate surface area is 170 Å². The van der Waals surface area contributed by atoms with Crippen molar-refractivity contribution in [3.8, 4) is 0 Å². The lowest BCUT2D eigenvalue weighted by Gasteiger charge is -2.17. The molecule has 0 bridgehead atoms. The van der Waals surface area contributed by atoms with Crippen molar-refractivity contribution in [1.82, 2.24) is 0 Å². The summed E-state index contributed by atoms with van der Waals surface area (Å²) in [4.78, 5) is 21.2. The van der Waals surface area contributed by atoms with Gasteiger partial charge >= 0.3 is 0 Å². The van der Waals surface area contributed by atoms with Crippen molar-refractivity contribution >= 4 is 34.0 Å². The van der Waals surface area contributed by atoms with Gasteiger partial charge in [0, 0.05) is 46.8 Å². The molecule has 3 N–H and O–H groups in total. The average Bonchev–Trinajstić information content (AvgIpc) is 3.07. The molecule has 0 aliphatic carbocycles. The van der Waals surface area contributed by atoms with Crippen LogP contribution < -0.4 is 10.6 Å². The summed E-state index contributed by atoms with van der Waals surface area (Å²) in [5.74, 6) is 0. The van der Waals surface area contributed by atoms with Gasteiger partial charge in [0.25, 0.3) is 11.4 Å². The minimum atomic E-state index is -1.09. The largest absolute Gasteiger partial charge is 0.369 e. The predicted octanol–water partition coefficient (Wildman–Crippen LogP) is 4.23. The molecular formula is C21H16N4O5. The second-order valence-corrected chi connectivity index (χ2v) is 6.62. The summed E-state index contributed by atoms with van der Waals surface area (Å²) in [5.41, 5.74) is 3.22. The second kappa shape index (κ2) is 7.64. The Balaban J connectivity index is 1.86. The Kier molecular flexibility index (Phi) is 4.87. The third kappa shape index (κ3) is 3.56. The van der Waals surface area contributed by atoms with E-state index in [0.29, 0.717) is 28.2 Å². The maximum Gasteiger partial charge on any atom is 0.270 e. The number of nitro benzene ring substituents is 2. The van der Waals surface area contributed by atoms with Crippen molar-refractivity contribution in [3.63, 3.8) is 0 Å². The predicted molar refractivity (Wildman–Crippen MR) is 113 cm³/mol. The molecule has 0 radical (unpaired) electrons. The molecule has 3 aromatic rings. The van der Waals surface area contributed by atoms with Crippen molar-refractivity contribution < 1.29 is 15.0 Å². The molecule has 9 nitrogen and oxygen atoms in total. The first kappa shape index (κ1) is 19.1. The second-order valence-electron chi connectivity index (χ2n) is 6.62.